The first-order valence-corrected chi connectivity index (χ1v) is 6.66. The summed E-state index contributed by atoms with van der Waals surface area (Å²) in [4.78, 5) is 0. The molecule has 0 atom stereocenters. The fourth-order valence-corrected chi connectivity index (χ4v) is 3.08. The maximum absolute atomic E-state index is 11.8. The van der Waals surface area contributed by atoms with E-state index in [1.54, 1.807) is 6.92 Å². The minimum atomic E-state index is -3.37. The number of hydrogen-bond acceptors (Lipinski definition) is 4. The highest BCUT2D eigenvalue weighted by Crippen LogP contribution is 2.18. The molecule has 1 saturated carbocycles. The molecule has 0 saturated heterocycles. The van der Waals surface area contributed by atoms with E-state index in [0.717, 1.165) is 12.8 Å². The largest absolute Gasteiger partial charge is 0.329 e. The van der Waals surface area contributed by atoms with Gasteiger partial charge in [-0.25, -0.2) is 0 Å². The topological polar surface area (TPSA) is 101 Å². The van der Waals surface area contributed by atoms with E-state index in [0.29, 0.717) is 19.6 Å². The summed E-state index contributed by atoms with van der Waals surface area (Å²) in [5.74, 6) is 0. The first kappa shape index (κ1) is 12.9. The van der Waals surface area contributed by atoms with E-state index in [1.165, 1.54) is 4.31 Å². The molecule has 1 aliphatic rings. The predicted molar refractivity (Wildman–Crippen MR) is 59.4 cm³/mol. The van der Waals surface area contributed by atoms with Gasteiger partial charge in [-0.3, -0.25) is 0 Å². The maximum atomic E-state index is 11.8. The summed E-state index contributed by atoms with van der Waals surface area (Å²) in [6.45, 7) is 2.91. The first-order valence-electron chi connectivity index (χ1n) is 5.22. The van der Waals surface area contributed by atoms with E-state index in [9.17, 15) is 8.42 Å². The van der Waals surface area contributed by atoms with Gasteiger partial charge in [0.25, 0.3) is 10.2 Å². The Labute approximate surface area is 91.2 Å². The van der Waals surface area contributed by atoms with Gasteiger partial charge in [0, 0.05) is 31.7 Å². The molecule has 0 amide bonds. The lowest BCUT2D eigenvalue weighted by atomic mass is 9.89. The number of nitrogens with zero attached hydrogens (tertiary/aromatic N) is 1. The zero-order chi connectivity index (χ0) is 11.5. The molecule has 6 nitrogen and oxygen atoms in total. The molecule has 0 aromatic rings. The molecule has 15 heavy (non-hydrogen) atoms. The smallest absolute Gasteiger partial charge is 0.279 e. The summed E-state index contributed by atoms with van der Waals surface area (Å²) in [6, 6.07) is 0.138. The molecule has 5 N–H and O–H groups in total. The zero-order valence-corrected chi connectivity index (χ0v) is 9.83. The molecule has 0 aliphatic heterocycles. The maximum Gasteiger partial charge on any atom is 0.279 e. The van der Waals surface area contributed by atoms with Crippen LogP contribution in [0.25, 0.3) is 0 Å². The summed E-state index contributed by atoms with van der Waals surface area (Å²) in [5.41, 5.74) is 10.9. The third-order valence-electron chi connectivity index (χ3n) is 2.56. The molecule has 0 spiro atoms. The highest BCUT2D eigenvalue weighted by Gasteiger charge is 2.31. The third kappa shape index (κ3) is 3.39. The second-order valence-corrected chi connectivity index (χ2v) is 5.53. The van der Waals surface area contributed by atoms with Crippen molar-refractivity contribution >= 4 is 10.2 Å². The van der Waals surface area contributed by atoms with Crippen molar-refractivity contribution in [1.29, 1.82) is 0 Å². The molecular weight excluding hydrogens is 216 g/mol. The van der Waals surface area contributed by atoms with Crippen LogP contribution in [0.2, 0.25) is 0 Å². The molecule has 7 heteroatoms. The Bertz CT molecular complexity index is 287. The highest BCUT2D eigenvalue weighted by molar-refractivity contribution is 7.87. The van der Waals surface area contributed by atoms with E-state index in [-0.39, 0.29) is 12.1 Å². The van der Waals surface area contributed by atoms with Crippen molar-refractivity contribution in [3.63, 3.8) is 0 Å². The van der Waals surface area contributed by atoms with Gasteiger partial charge >= 0.3 is 0 Å². The molecule has 0 bridgehead atoms. The summed E-state index contributed by atoms with van der Waals surface area (Å²) < 4.78 is 27.5. The van der Waals surface area contributed by atoms with Crippen LogP contribution in [-0.4, -0.2) is 44.4 Å². The first-order chi connectivity index (χ1) is 6.99. The number of nitrogens with two attached hydrogens (primary N) is 2. The Morgan fingerprint density at radius 1 is 1.47 bits per heavy atom. The highest BCUT2D eigenvalue weighted by atomic mass is 32.2. The van der Waals surface area contributed by atoms with Crippen LogP contribution in [0.15, 0.2) is 0 Å². The number of likely N-dealkylation sites (N-methyl/N-ethyl adjacent to an activating group) is 1. The number of nitrogens with one attached hydrogen (secondary N) is 1. The van der Waals surface area contributed by atoms with Crippen LogP contribution in [0.1, 0.15) is 19.8 Å². The molecule has 90 valence electrons. The summed E-state index contributed by atoms with van der Waals surface area (Å²) in [7, 11) is -3.37. The molecule has 0 radical (unpaired) electrons. The quantitative estimate of drug-likeness (QED) is 0.527. The van der Waals surface area contributed by atoms with Crippen molar-refractivity contribution in [3.8, 4) is 0 Å². The van der Waals surface area contributed by atoms with Crippen LogP contribution in [0.4, 0.5) is 0 Å². The monoisotopic (exact) mass is 236 g/mol. The second-order valence-electron chi connectivity index (χ2n) is 3.83. The summed E-state index contributed by atoms with van der Waals surface area (Å²) in [6.07, 6.45) is 1.44. The van der Waals surface area contributed by atoms with Crippen LogP contribution >= 0.6 is 0 Å². The van der Waals surface area contributed by atoms with Crippen LogP contribution in [0.3, 0.4) is 0 Å². The average Bonchev–Trinajstić information content (AvgIpc) is 2.11. The second kappa shape index (κ2) is 5.22. The Balaban J connectivity index is 2.49. The van der Waals surface area contributed by atoms with Crippen molar-refractivity contribution in [1.82, 2.24) is 9.03 Å². The minimum absolute atomic E-state index is 0.00294. The van der Waals surface area contributed by atoms with Gasteiger partial charge in [-0.05, 0) is 12.8 Å². The molecular formula is C8H20N4O2S. The van der Waals surface area contributed by atoms with Crippen molar-refractivity contribution < 1.29 is 8.42 Å². The molecule has 1 rings (SSSR count). The molecule has 1 aliphatic carbocycles. The van der Waals surface area contributed by atoms with Crippen molar-refractivity contribution in [2.75, 3.05) is 19.6 Å². The third-order valence-corrected chi connectivity index (χ3v) is 4.31. The Morgan fingerprint density at radius 3 is 2.47 bits per heavy atom. The van der Waals surface area contributed by atoms with Gasteiger partial charge in [0.15, 0.2) is 0 Å². The fourth-order valence-electron chi connectivity index (χ4n) is 1.64. The molecule has 0 unspecified atom stereocenters. The van der Waals surface area contributed by atoms with Crippen molar-refractivity contribution in [2.45, 2.75) is 31.8 Å². The van der Waals surface area contributed by atoms with Gasteiger partial charge in [-0.2, -0.15) is 17.4 Å². The fraction of sp³-hybridized carbons (Fsp3) is 1.00. The molecule has 0 aromatic heterocycles. The minimum Gasteiger partial charge on any atom is -0.329 e. The van der Waals surface area contributed by atoms with Crippen LogP contribution < -0.4 is 16.2 Å². The van der Waals surface area contributed by atoms with Gasteiger partial charge in [0.2, 0.25) is 0 Å². The van der Waals surface area contributed by atoms with Gasteiger partial charge in [-0.15, -0.1) is 0 Å². The van der Waals surface area contributed by atoms with Gasteiger partial charge in [0.1, 0.15) is 0 Å². The molecule has 1 fully saturated rings. The lowest BCUT2D eigenvalue weighted by Gasteiger charge is -2.34. The van der Waals surface area contributed by atoms with Crippen molar-refractivity contribution in [3.05, 3.63) is 0 Å². The summed E-state index contributed by atoms with van der Waals surface area (Å²) in [5, 5.41) is 0. The van der Waals surface area contributed by atoms with Gasteiger partial charge in [-0.1, -0.05) is 6.92 Å². The lowest BCUT2D eigenvalue weighted by molar-refractivity contribution is 0.316. The van der Waals surface area contributed by atoms with E-state index in [2.05, 4.69) is 4.72 Å². The number of rotatable bonds is 6. The standard InChI is InChI=1S/C8H20N4O2S/c1-2-12(4-3-9)15(13,14)11-8-5-7(10)6-8/h7-8,11H,2-6,9-10H2,1H3. The number of hydrogen-bond donors (Lipinski definition) is 3. The zero-order valence-electron chi connectivity index (χ0n) is 9.02. The van der Waals surface area contributed by atoms with Crippen LogP contribution in [-0.2, 0) is 10.2 Å². The van der Waals surface area contributed by atoms with Crippen LogP contribution in [0, 0.1) is 0 Å². The Hall–Kier alpha value is -0.210. The lowest BCUT2D eigenvalue weighted by Crippen LogP contribution is -2.54. The SMILES string of the molecule is CCN(CCN)S(=O)(=O)NC1CC(N)C1. The molecule has 0 heterocycles. The van der Waals surface area contributed by atoms with Crippen LogP contribution in [0.5, 0.6) is 0 Å². The van der Waals surface area contributed by atoms with Gasteiger partial charge in [0.05, 0.1) is 0 Å². The van der Waals surface area contributed by atoms with E-state index in [1.807, 2.05) is 0 Å². The molecule has 0 aromatic carbocycles. The summed E-state index contributed by atoms with van der Waals surface area (Å²) >= 11 is 0. The van der Waals surface area contributed by atoms with E-state index < -0.39 is 10.2 Å². The van der Waals surface area contributed by atoms with E-state index in [4.69, 9.17) is 11.5 Å². The van der Waals surface area contributed by atoms with Crippen molar-refractivity contribution in [2.24, 2.45) is 11.5 Å². The predicted octanol–water partition coefficient (Wildman–Crippen LogP) is -1.41. The van der Waals surface area contributed by atoms with E-state index >= 15 is 0 Å². The Morgan fingerprint density at radius 2 is 2.07 bits per heavy atom. The normalized spacial score (nSPS) is 26.7. The van der Waals surface area contributed by atoms with Gasteiger partial charge < -0.3 is 11.5 Å². The Kier molecular flexibility index (Phi) is 4.47. The average molecular weight is 236 g/mol.